The van der Waals surface area contributed by atoms with E-state index in [1.165, 1.54) is 11.1 Å². The highest BCUT2D eigenvalue weighted by molar-refractivity contribution is 5.90. The van der Waals surface area contributed by atoms with Gasteiger partial charge in [-0.25, -0.2) is 14.5 Å². The summed E-state index contributed by atoms with van der Waals surface area (Å²) in [4.78, 5) is 31.9. The molecule has 0 radical (unpaired) electrons. The molecule has 200 valence electrons. The van der Waals surface area contributed by atoms with Crippen LogP contribution in [0.15, 0.2) is 24.7 Å². The van der Waals surface area contributed by atoms with Crippen LogP contribution in [-0.4, -0.2) is 87.1 Å². The van der Waals surface area contributed by atoms with Crippen LogP contribution in [0.2, 0.25) is 0 Å². The Morgan fingerprint density at radius 3 is 2.55 bits per heavy atom. The van der Waals surface area contributed by atoms with Crippen molar-refractivity contribution in [1.82, 2.24) is 34.4 Å². The Labute approximate surface area is 223 Å². The first-order valence-corrected chi connectivity index (χ1v) is 13.7. The molecule has 2 aliphatic heterocycles. The van der Waals surface area contributed by atoms with Gasteiger partial charge in [0.05, 0.1) is 23.3 Å². The molecule has 9 nitrogen and oxygen atoms in total. The molecule has 0 aromatic carbocycles. The molecule has 6 rings (SSSR count). The predicted octanol–water partition coefficient (Wildman–Crippen LogP) is 4.00. The van der Waals surface area contributed by atoms with Gasteiger partial charge in [-0.1, -0.05) is 13.8 Å². The molecule has 1 amide bonds. The van der Waals surface area contributed by atoms with Crippen LogP contribution in [-0.2, 0) is 4.79 Å². The number of likely N-dealkylation sites (N-methyl/N-ethyl adjacent to an activating group) is 1. The van der Waals surface area contributed by atoms with E-state index in [9.17, 15) is 4.79 Å². The fourth-order valence-corrected chi connectivity index (χ4v) is 6.24. The lowest BCUT2D eigenvalue weighted by molar-refractivity contribution is -0.130. The number of aromatic amines is 1. The largest absolute Gasteiger partial charge is 0.355 e. The number of anilines is 1. The Kier molecular flexibility index (Phi) is 5.94. The molecule has 0 saturated carbocycles. The van der Waals surface area contributed by atoms with Crippen molar-refractivity contribution in [3.8, 4) is 11.3 Å². The van der Waals surface area contributed by atoms with E-state index < -0.39 is 0 Å². The van der Waals surface area contributed by atoms with Gasteiger partial charge in [-0.2, -0.15) is 5.10 Å². The van der Waals surface area contributed by atoms with Gasteiger partial charge in [-0.3, -0.25) is 9.69 Å². The molecular weight excluding hydrogens is 476 g/mol. The summed E-state index contributed by atoms with van der Waals surface area (Å²) in [6, 6.07) is 4.34. The summed E-state index contributed by atoms with van der Waals surface area (Å²) < 4.78 is 1.87. The number of H-pyrrole nitrogens is 1. The van der Waals surface area contributed by atoms with Gasteiger partial charge in [0.15, 0.2) is 5.65 Å². The van der Waals surface area contributed by atoms with Gasteiger partial charge >= 0.3 is 0 Å². The van der Waals surface area contributed by atoms with Crippen molar-refractivity contribution in [2.24, 2.45) is 5.41 Å². The number of carbonyl (C=O) groups excluding carboxylic acids is 1. The van der Waals surface area contributed by atoms with Crippen LogP contribution in [0.25, 0.3) is 27.9 Å². The molecule has 38 heavy (non-hydrogen) atoms. The fourth-order valence-electron chi connectivity index (χ4n) is 6.24. The molecule has 2 saturated heterocycles. The summed E-state index contributed by atoms with van der Waals surface area (Å²) in [5.41, 5.74) is 9.24. The smallest absolute Gasteiger partial charge is 0.236 e. The normalized spacial score (nSPS) is 17.6. The topological polar surface area (TPSA) is 85.7 Å². The van der Waals surface area contributed by atoms with Crippen LogP contribution < -0.4 is 4.90 Å². The van der Waals surface area contributed by atoms with Gasteiger partial charge in [0.1, 0.15) is 12.1 Å². The first-order chi connectivity index (χ1) is 18.2. The SMILES string of the molecule is Cc1c(-c2[nH]c3ccc(N4CC5(CCN(CC(=O)N(C)C)CC5)C4)nc3c2C(C)C)cn2ncnc2c1C. The highest BCUT2D eigenvalue weighted by Crippen LogP contribution is 2.43. The Morgan fingerprint density at radius 1 is 1.13 bits per heavy atom. The van der Waals surface area contributed by atoms with E-state index in [-0.39, 0.29) is 5.91 Å². The molecule has 4 aromatic heterocycles. The molecule has 1 N–H and O–H groups in total. The maximum Gasteiger partial charge on any atom is 0.236 e. The number of pyridine rings is 2. The lowest BCUT2D eigenvalue weighted by Crippen LogP contribution is -2.61. The second kappa shape index (κ2) is 9.08. The van der Waals surface area contributed by atoms with Crippen LogP contribution in [0.3, 0.4) is 0 Å². The van der Waals surface area contributed by atoms with E-state index in [2.05, 4.69) is 70.9 Å². The number of carbonyl (C=O) groups is 1. The molecule has 0 atom stereocenters. The summed E-state index contributed by atoms with van der Waals surface area (Å²) in [6.45, 7) is 13.3. The number of rotatable bonds is 5. The van der Waals surface area contributed by atoms with Gasteiger partial charge in [0.2, 0.25) is 5.91 Å². The van der Waals surface area contributed by atoms with Crippen molar-refractivity contribution >= 4 is 28.4 Å². The minimum atomic E-state index is 0.187. The highest BCUT2D eigenvalue weighted by atomic mass is 16.2. The van der Waals surface area contributed by atoms with Crippen molar-refractivity contribution < 1.29 is 4.79 Å². The van der Waals surface area contributed by atoms with Gasteiger partial charge in [-0.15, -0.1) is 0 Å². The molecule has 2 aliphatic rings. The van der Waals surface area contributed by atoms with E-state index in [1.54, 1.807) is 11.2 Å². The van der Waals surface area contributed by atoms with E-state index in [0.717, 1.165) is 78.3 Å². The third-order valence-corrected chi connectivity index (χ3v) is 8.79. The van der Waals surface area contributed by atoms with E-state index >= 15 is 0 Å². The minimum Gasteiger partial charge on any atom is -0.355 e. The number of nitrogens with one attached hydrogen (secondary N) is 1. The van der Waals surface area contributed by atoms with E-state index in [4.69, 9.17) is 4.98 Å². The van der Waals surface area contributed by atoms with Crippen LogP contribution in [0.1, 0.15) is 49.3 Å². The zero-order chi connectivity index (χ0) is 26.8. The number of hydrogen-bond donors (Lipinski definition) is 1. The summed E-state index contributed by atoms with van der Waals surface area (Å²) in [7, 11) is 3.66. The zero-order valence-corrected chi connectivity index (χ0v) is 23.4. The maximum atomic E-state index is 12.1. The van der Waals surface area contributed by atoms with Crippen molar-refractivity contribution in [3.63, 3.8) is 0 Å². The third kappa shape index (κ3) is 4.04. The molecular formula is C29H38N8O. The lowest BCUT2D eigenvalue weighted by atomic mass is 9.72. The molecule has 0 bridgehead atoms. The molecule has 0 unspecified atom stereocenters. The number of aromatic nitrogens is 5. The predicted molar refractivity (Wildman–Crippen MR) is 151 cm³/mol. The van der Waals surface area contributed by atoms with E-state index in [1.807, 2.05) is 18.6 Å². The lowest BCUT2D eigenvalue weighted by Gasteiger charge is -2.54. The third-order valence-electron chi connectivity index (χ3n) is 8.79. The highest BCUT2D eigenvalue weighted by Gasteiger charge is 2.45. The summed E-state index contributed by atoms with van der Waals surface area (Å²) in [5.74, 6) is 1.55. The molecule has 1 spiro atoms. The number of likely N-dealkylation sites (tertiary alicyclic amines) is 1. The number of piperidine rings is 1. The van der Waals surface area contributed by atoms with Crippen molar-refractivity contribution in [2.75, 3.05) is 51.7 Å². The quantitative estimate of drug-likeness (QED) is 0.433. The minimum absolute atomic E-state index is 0.187. The first-order valence-electron chi connectivity index (χ1n) is 13.7. The van der Waals surface area contributed by atoms with E-state index in [0.29, 0.717) is 17.9 Å². The van der Waals surface area contributed by atoms with Crippen LogP contribution in [0, 0.1) is 19.3 Å². The first kappa shape index (κ1) is 24.9. The Hall–Kier alpha value is -3.46. The zero-order valence-electron chi connectivity index (χ0n) is 23.4. The number of nitrogens with zero attached hydrogens (tertiary/aromatic N) is 7. The van der Waals surface area contributed by atoms with Crippen LogP contribution in [0.4, 0.5) is 5.82 Å². The molecule has 4 aromatic rings. The average molecular weight is 515 g/mol. The van der Waals surface area contributed by atoms with Gasteiger partial charge in [0, 0.05) is 49.9 Å². The molecule has 0 aliphatic carbocycles. The molecule has 2 fully saturated rings. The monoisotopic (exact) mass is 514 g/mol. The van der Waals surface area contributed by atoms with Crippen LogP contribution >= 0.6 is 0 Å². The van der Waals surface area contributed by atoms with Crippen LogP contribution in [0.5, 0.6) is 0 Å². The molecule has 6 heterocycles. The number of fused-ring (bicyclic) bond motifs is 2. The number of aryl methyl sites for hydroxylation is 1. The maximum absolute atomic E-state index is 12.1. The number of amides is 1. The van der Waals surface area contributed by atoms with Gasteiger partial charge in [0.25, 0.3) is 0 Å². The number of hydrogen-bond acceptors (Lipinski definition) is 6. The standard InChI is InChI=1S/C29H38N8O/c1-18(2)25-26(21-13-37-28(30-17-31-37)20(4)19(21)3)32-22-7-8-23(33-27(22)25)36-15-29(16-36)9-11-35(12-10-29)14-24(38)34(5)6/h7-8,13,17-18,32H,9-12,14-16H2,1-6H3. The second-order valence-electron chi connectivity index (χ2n) is 11.9. The fraction of sp³-hybridized carbons (Fsp3) is 0.517. The summed E-state index contributed by atoms with van der Waals surface area (Å²) in [6.07, 6.45) is 5.98. The second-order valence-corrected chi connectivity index (χ2v) is 11.9. The van der Waals surface area contributed by atoms with Crippen molar-refractivity contribution in [2.45, 2.75) is 46.5 Å². The average Bonchev–Trinajstić information content (AvgIpc) is 3.49. The molecule has 9 heteroatoms. The van der Waals surface area contributed by atoms with Gasteiger partial charge < -0.3 is 14.8 Å². The van der Waals surface area contributed by atoms with Crippen molar-refractivity contribution in [1.29, 1.82) is 0 Å². The van der Waals surface area contributed by atoms with Gasteiger partial charge in [-0.05, 0) is 69.0 Å². The summed E-state index contributed by atoms with van der Waals surface area (Å²) >= 11 is 0. The Balaban J connectivity index is 1.25. The summed E-state index contributed by atoms with van der Waals surface area (Å²) in [5, 5.41) is 4.41. The Morgan fingerprint density at radius 2 is 1.87 bits per heavy atom. The Bertz CT molecular complexity index is 1510. The van der Waals surface area contributed by atoms with Crippen molar-refractivity contribution in [3.05, 3.63) is 41.3 Å².